The Morgan fingerprint density at radius 1 is 1.41 bits per heavy atom. The van der Waals surface area contributed by atoms with E-state index < -0.39 is 0 Å². The van der Waals surface area contributed by atoms with Crippen molar-refractivity contribution in [3.63, 3.8) is 0 Å². The molecule has 114 valence electrons. The third-order valence-electron chi connectivity index (χ3n) is 3.49. The molecule has 1 unspecified atom stereocenters. The molecular formula is C17H20N4O. The molecule has 0 aliphatic rings. The van der Waals surface area contributed by atoms with E-state index in [0.29, 0.717) is 24.2 Å². The summed E-state index contributed by atoms with van der Waals surface area (Å²) in [6.07, 6.45) is 3.99. The molecule has 2 N–H and O–H groups in total. The Kier molecular flexibility index (Phi) is 5.34. The fourth-order valence-corrected chi connectivity index (χ4v) is 2.12. The fourth-order valence-electron chi connectivity index (χ4n) is 2.12. The number of methoxy groups -OCH3 is 1. The van der Waals surface area contributed by atoms with E-state index in [1.807, 2.05) is 48.1 Å². The standard InChI is InChI=1S/C17H20N4O/c1-13(22-2)8-15(9-18)17(19)16-10-20-21(12-16)11-14-6-4-3-5-7-14/h3-7,10,12-13H,8,11,19H2,1-2H3/b17-15+. The molecule has 2 aromatic rings. The molecule has 0 saturated heterocycles. The minimum absolute atomic E-state index is 0.0486. The topological polar surface area (TPSA) is 76.9 Å². The quantitative estimate of drug-likeness (QED) is 0.831. The van der Waals surface area contributed by atoms with Crippen LogP contribution in [-0.4, -0.2) is 23.0 Å². The maximum atomic E-state index is 9.27. The minimum atomic E-state index is -0.0486. The van der Waals surface area contributed by atoms with Crippen LogP contribution in [0.1, 0.15) is 24.5 Å². The minimum Gasteiger partial charge on any atom is -0.397 e. The summed E-state index contributed by atoms with van der Waals surface area (Å²) in [5.74, 6) is 0. The van der Waals surface area contributed by atoms with Gasteiger partial charge in [-0.05, 0) is 12.5 Å². The Morgan fingerprint density at radius 2 is 2.14 bits per heavy atom. The summed E-state index contributed by atoms with van der Waals surface area (Å²) < 4.78 is 7.00. The van der Waals surface area contributed by atoms with Gasteiger partial charge in [0.25, 0.3) is 0 Å². The van der Waals surface area contributed by atoms with Gasteiger partial charge in [-0.2, -0.15) is 10.4 Å². The van der Waals surface area contributed by atoms with Gasteiger partial charge >= 0.3 is 0 Å². The molecule has 0 saturated carbocycles. The van der Waals surface area contributed by atoms with Crippen molar-refractivity contribution in [1.82, 2.24) is 9.78 Å². The fraction of sp³-hybridized carbons (Fsp3) is 0.294. The zero-order valence-electron chi connectivity index (χ0n) is 12.9. The molecule has 2 rings (SSSR count). The van der Waals surface area contributed by atoms with E-state index in [0.717, 1.165) is 11.1 Å². The van der Waals surface area contributed by atoms with Crippen LogP contribution in [-0.2, 0) is 11.3 Å². The second kappa shape index (κ2) is 7.43. The van der Waals surface area contributed by atoms with E-state index in [2.05, 4.69) is 11.2 Å². The van der Waals surface area contributed by atoms with Gasteiger partial charge in [0.1, 0.15) is 0 Å². The van der Waals surface area contributed by atoms with E-state index in [-0.39, 0.29) is 6.10 Å². The molecule has 0 aliphatic heterocycles. The zero-order chi connectivity index (χ0) is 15.9. The van der Waals surface area contributed by atoms with Crippen LogP contribution in [0.5, 0.6) is 0 Å². The number of nitrogens with two attached hydrogens (primary N) is 1. The summed E-state index contributed by atoms with van der Waals surface area (Å²) in [4.78, 5) is 0. The van der Waals surface area contributed by atoms with Gasteiger partial charge < -0.3 is 10.5 Å². The van der Waals surface area contributed by atoms with Crippen molar-refractivity contribution >= 4 is 5.70 Å². The molecule has 22 heavy (non-hydrogen) atoms. The molecule has 1 heterocycles. The number of nitriles is 1. The predicted molar refractivity (Wildman–Crippen MR) is 85.6 cm³/mol. The van der Waals surface area contributed by atoms with Gasteiger partial charge in [-0.3, -0.25) is 4.68 Å². The summed E-state index contributed by atoms with van der Waals surface area (Å²) in [5, 5.41) is 13.6. The lowest BCUT2D eigenvalue weighted by Gasteiger charge is -2.09. The number of hydrogen-bond acceptors (Lipinski definition) is 4. The van der Waals surface area contributed by atoms with Gasteiger partial charge in [-0.1, -0.05) is 30.3 Å². The average Bonchev–Trinajstić information content (AvgIpc) is 3.01. The Hall–Kier alpha value is -2.58. The second-order valence-corrected chi connectivity index (χ2v) is 5.17. The molecule has 1 atom stereocenters. The molecule has 0 bridgehead atoms. The van der Waals surface area contributed by atoms with E-state index >= 15 is 0 Å². The molecule has 0 spiro atoms. The maximum Gasteiger partial charge on any atom is 0.0970 e. The third kappa shape index (κ3) is 3.96. The lowest BCUT2D eigenvalue weighted by atomic mass is 10.1. The van der Waals surface area contributed by atoms with Crippen molar-refractivity contribution in [3.8, 4) is 6.07 Å². The van der Waals surface area contributed by atoms with Crippen LogP contribution in [0.15, 0.2) is 48.3 Å². The zero-order valence-corrected chi connectivity index (χ0v) is 12.9. The normalized spacial score (nSPS) is 13.3. The lowest BCUT2D eigenvalue weighted by Crippen LogP contribution is -2.09. The van der Waals surface area contributed by atoms with Gasteiger partial charge in [0, 0.05) is 25.3 Å². The first-order valence-corrected chi connectivity index (χ1v) is 7.12. The number of aromatic nitrogens is 2. The molecule has 0 aliphatic carbocycles. The van der Waals surface area contributed by atoms with Crippen molar-refractivity contribution in [2.24, 2.45) is 5.73 Å². The van der Waals surface area contributed by atoms with Crippen LogP contribution in [0.4, 0.5) is 0 Å². The molecule has 5 nitrogen and oxygen atoms in total. The van der Waals surface area contributed by atoms with Gasteiger partial charge in [-0.25, -0.2) is 0 Å². The molecule has 5 heteroatoms. The molecule has 0 amide bonds. The van der Waals surface area contributed by atoms with Crippen LogP contribution < -0.4 is 5.73 Å². The Labute approximate surface area is 130 Å². The number of ether oxygens (including phenoxy) is 1. The number of rotatable bonds is 6. The van der Waals surface area contributed by atoms with Crippen LogP contribution >= 0.6 is 0 Å². The summed E-state index contributed by atoms with van der Waals surface area (Å²) in [7, 11) is 1.62. The molecule has 0 fully saturated rings. The van der Waals surface area contributed by atoms with Crippen molar-refractivity contribution in [1.29, 1.82) is 5.26 Å². The smallest absolute Gasteiger partial charge is 0.0970 e. The third-order valence-corrected chi connectivity index (χ3v) is 3.49. The van der Waals surface area contributed by atoms with Crippen LogP contribution in [0, 0.1) is 11.3 Å². The highest BCUT2D eigenvalue weighted by Crippen LogP contribution is 2.18. The summed E-state index contributed by atoms with van der Waals surface area (Å²) >= 11 is 0. The number of benzene rings is 1. The molecule has 0 radical (unpaired) electrons. The van der Waals surface area contributed by atoms with Gasteiger partial charge in [0.15, 0.2) is 0 Å². The lowest BCUT2D eigenvalue weighted by molar-refractivity contribution is 0.119. The Morgan fingerprint density at radius 3 is 2.77 bits per heavy atom. The average molecular weight is 296 g/mol. The highest BCUT2D eigenvalue weighted by molar-refractivity contribution is 5.68. The van der Waals surface area contributed by atoms with E-state index in [9.17, 15) is 5.26 Å². The van der Waals surface area contributed by atoms with Gasteiger partial charge in [0.2, 0.25) is 0 Å². The highest BCUT2D eigenvalue weighted by Gasteiger charge is 2.11. The molecule has 1 aromatic carbocycles. The SMILES string of the molecule is COC(C)C/C(C#N)=C(\N)c1cnn(Cc2ccccc2)c1. The van der Waals surface area contributed by atoms with E-state index in [1.165, 1.54) is 0 Å². The first-order valence-electron chi connectivity index (χ1n) is 7.12. The van der Waals surface area contributed by atoms with Crippen LogP contribution in [0.2, 0.25) is 0 Å². The first-order chi connectivity index (χ1) is 10.6. The van der Waals surface area contributed by atoms with Crippen molar-refractivity contribution < 1.29 is 4.74 Å². The summed E-state index contributed by atoms with van der Waals surface area (Å²) in [6, 6.07) is 12.2. The second-order valence-electron chi connectivity index (χ2n) is 5.17. The monoisotopic (exact) mass is 296 g/mol. The predicted octanol–water partition coefficient (Wildman–Crippen LogP) is 2.55. The number of nitrogens with zero attached hydrogens (tertiary/aromatic N) is 3. The van der Waals surface area contributed by atoms with Crippen LogP contribution in [0.25, 0.3) is 5.70 Å². The maximum absolute atomic E-state index is 9.27. The Balaban J connectivity index is 2.17. The van der Waals surface area contributed by atoms with Crippen molar-refractivity contribution in [2.75, 3.05) is 7.11 Å². The summed E-state index contributed by atoms with van der Waals surface area (Å²) in [5.41, 5.74) is 9.01. The van der Waals surface area contributed by atoms with E-state index in [1.54, 1.807) is 13.3 Å². The van der Waals surface area contributed by atoms with Crippen LogP contribution in [0.3, 0.4) is 0 Å². The van der Waals surface area contributed by atoms with E-state index in [4.69, 9.17) is 10.5 Å². The van der Waals surface area contributed by atoms with Gasteiger partial charge in [-0.15, -0.1) is 0 Å². The summed E-state index contributed by atoms with van der Waals surface area (Å²) in [6.45, 7) is 2.58. The molecule has 1 aromatic heterocycles. The first kappa shape index (κ1) is 15.8. The molecular weight excluding hydrogens is 276 g/mol. The van der Waals surface area contributed by atoms with Crippen molar-refractivity contribution in [3.05, 3.63) is 59.4 Å². The number of hydrogen-bond donors (Lipinski definition) is 1. The van der Waals surface area contributed by atoms with Crippen molar-refractivity contribution in [2.45, 2.75) is 26.0 Å². The largest absolute Gasteiger partial charge is 0.397 e. The van der Waals surface area contributed by atoms with Gasteiger partial charge in [0.05, 0.1) is 36.2 Å². The highest BCUT2D eigenvalue weighted by atomic mass is 16.5. The Bertz CT molecular complexity index is 682.